The van der Waals surface area contributed by atoms with Crippen LogP contribution in [0.3, 0.4) is 0 Å². The smallest absolute Gasteiger partial charge is 0.410 e. The number of ether oxygens (including phenoxy) is 1. The van der Waals surface area contributed by atoms with E-state index >= 15 is 13.2 Å². The van der Waals surface area contributed by atoms with Crippen LogP contribution in [0.5, 0.6) is 0 Å². The average molecular weight is 567 g/mol. The zero-order chi connectivity index (χ0) is 29.3. The summed E-state index contributed by atoms with van der Waals surface area (Å²) in [6.07, 6.45) is -1.45. The number of alkyl halides is 2. The van der Waals surface area contributed by atoms with Gasteiger partial charge in [0, 0.05) is 5.92 Å². The molecular formula is C27H33F3N4O4S. The van der Waals surface area contributed by atoms with E-state index in [9.17, 15) is 18.5 Å². The number of nitrogens with zero attached hydrogens (tertiary/aromatic N) is 3. The molecule has 1 aromatic carbocycles. The number of benzene rings is 1. The lowest BCUT2D eigenvalue weighted by Crippen LogP contribution is -2.53. The topological polar surface area (TPSA) is 112 Å². The number of nitrogens with one attached hydrogen (secondary N) is 1. The maximum atomic E-state index is 15.9. The van der Waals surface area contributed by atoms with Gasteiger partial charge in [-0.25, -0.2) is 36.1 Å². The second kappa shape index (κ2) is 11.1. The molecule has 1 aliphatic rings. The van der Waals surface area contributed by atoms with Crippen molar-refractivity contribution >= 4 is 16.1 Å². The minimum atomic E-state index is -4.10. The van der Waals surface area contributed by atoms with Crippen LogP contribution in [0.25, 0.3) is 0 Å². The highest BCUT2D eigenvalue weighted by molar-refractivity contribution is 7.89. The Morgan fingerprint density at radius 3 is 2.56 bits per heavy atom. The predicted octanol–water partition coefficient (Wildman–Crippen LogP) is 4.66. The van der Waals surface area contributed by atoms with Gasteiger partial charge >= 0.3 is 6.09 Å². The van der Waals surface area contributed by atoms with E-state index in [2.05, 4.69) is 4.98 Å². The fourth-order valence-electron chi connectivity index (χ4n) is 4.60. The van der Waals surface area contributed by atoms with Crippen LogP contribution in [0, 0.1) is 24.1 Å². The summed E-state index contributed by atoms with van der Waals surface area (Å²) < 4.78 is 78.3. The van der Waals surface area contributed by atoms with Crippen LogP contribution in [-0.4, -0.2) is 60.3 Å². The van der Waals surface area contributed by atoms with Crippen molar-refractivity contribution in [1.29, 1.82) is 5.26 Å². The molecule has 3 rings (SSSR count). The molecule has 1 aromatic heterocycles. The summed E-state index contributed by atoms with van der Waals surface area (Å²) in [4.78, 5) is 18.0. The van der Waals surface area contributed by atoms with Gasteiger partial charge in [0.15, 0.2) is 0 Å². The van der Waals surface area contributed by atoms with Crippen molar-refractivity contribution in [2.75, 3.05) is 12.3 Å². The van der Waals surface area contributed by atoms with Crippen LogP contribution in [-0.2, 0) is 21.2 Å². The Hall–Kier alpha value is -3.17. The number of hydrogen-bond donors (Lipinski definition) is 1. The highest BCUT2D eigenvalue weighted by Gasteiger charge is 2.58. The van der Waals surface area contributed by atoms with Crippen molar-refractivity contribution in [2.45, 2.75) is 77.5 Å². The monoisotopic (exact) mass is 566 g/mol. The SMILES string of the molecule is CCS(=O)(=O)N[C@@H]1[C@H](Cc2cccc(C(C)c3nc(C#N)ccc3C)c2F)N(C(=O)OC(C)(C)C)CC1(F)F. The Balaban J connectivity index is 2.05. The van der Waals surface area contributed by atoms with Gasteiger partial charge in [0.1, 0.15) is 29.2 Å². The van der Waals surface area contributed by atoms with Gasteiger partial charge in [-0.1, -0.05) is 31.2 Å². The quantitative estimate of drug-likeness (QED) is 0.522. The molecule has 3 atom stereocenters. The van der Waals surface area contributed by atoms with E-state index in [1.54, 1.807) is 52.8 Å². The molecule has 2 heterocycles. The molecule has 1 amide bonds. The average Bonchev–Trinajstić information content (AvgIpc) is 3.08. The normalized spacial score (nSPS) is 19.9. The van der Waals surface area contributed by atoms with Gasteiger partial charge in [-0.05, 0) is 63.8 Å². The number of aromatic nitrogens is 1. The largest absolute Gasteiger partial charge is 0.444 e. The molecule has 1 saturated heterocycles. The molecule has 212 valence electrons. The third-order valence-corrected chi connectivity index (χ3v) is 7.97. The lowest BCUT2D eigenvalue weighted by atomic mass is 9.90. The highest BCUT2D eigenvalue weighted by Crippen LogP contribution is 2.37. The molecule has 0 bridgehead atoms. The minimum Gasteiger partial charge on any atom is -0.444 e. The molecular weight excluding hydrogens is 533 g/mol. The van der Waals surface area contributed by atoms with Crippen LogP contribution >= 0.6 is 0 Å². The zero-order valence-corrected chi connectivity index (χ0v) is 23.6. The van der Waals surface area contributed by atoms with Crippen LogP contribution in [0.15, 0.2) is 30.3 Å². The molecule has 0 saturated carbocycles. The Labute approximate surface area is 227 Å². The maximum absolute atomic E-state index is 15.9. The number of carbonyl (C=O) groups is 1. The molecule has 2 aromatic rings. The minimum absolute atomic E-state index is 0.0189. The van der Waals surface area contributed by atoms with Crippen molar-refractivity contribution in [3.63, 3.8) is 0 Å². The van der Waals surface area contributed by atoms with Crippen LogP contribution < -0.4 is 4.72 Å². The van der Waals surface area contributed by atoms with Crippen molar-refractivity contribution < 1.29 is 31.1 Å². The van der Waals surface area contributed by atoms with E-state index in [0.717, 1.165) is 10.5 Å². The summed E-state index contributed by atoms with van der Waals surface area (Å²) >= 11 is 0. The fraction of sp³-hybridized carbons (Fsp3) is 0.519. The summed E-state index contributed by atoms with van der Waals surface area (Å²) in [6.45, 7) is 8.44. The molecule has 1 fully saturated rings. The van der Waals surface area contributed by atoms with Crippen molar-refractivity contribution in [2.24, 2.45) is 0 Å². The van der Waals surface area contributed by atoms with Crippen molar-refractivity contribution in [3.05, 3.63) is 64.2 Å². The molecule has 1 N–H and O–H groups in total. The molecule has 0 spiro atoms. The number of halogens is 3. The van der Waals surface area contributed by atoms with E-state index in [0.29, 0.717) is 5.69 Å². The molecule has 1 aliphatic heterocycles. The predicted molar refractivity (Wildman–Crippen MR) is 139 cm³/mol. The lowest BCUT2D eigenvalue weighted by molar-refractivity contribution is -0.0122. The summed E-state index contributed by atoms with van der Waals surface area (Å²) in [5.41, 5.74) is 0.642. The number of nitriles is 1. The number of sulfonamides is 1. The van der Waals surface area contributed by atoms with E-state index in [-0.39, 0.29) is 16.8 Å². The van der Waals surface area contributed by atoms with E-state index in [1.165, 1.54) is 19.1 Å². The first kappa shape index (κ1) is 30.4. The Morgan fingerprint density at radius 1 is 1.31 bits per heavy atom. The number of amides is 1. The summed E-state index contributed by atoms with van der Waals surface area (Å²) in [5.74, 6) is -5.36. The van der Waals surface area contributed by atoms with Crippen molar-refractivity contribution in [1.82, 2.24) is 14.6 Å². The summed E-state index contributed by atoms with van der Waals surface area (Å²) in [6, 6.07) is 6.31. The van der Waals surface area contributed by atoms with Gasteiger partial charge in [-0.2, -0.15) is 5.26 Å². The standard InChI is InChI=1S/C27H33F3N4O4S/c1-7-39(36,37)33-24-21(34(15-27(24,29)30)25(35)38-26(4,5)6)13-18-9-8-10-20(22(18)28)17(3)23-16(2)11-12-19(14-31)32-23/h8-12,17,21,24,33H,7,13,15H2,1-6H3/t17?,21-,24+/m0/s1. The van der Waals surface area contributed by atoms with Gasteiger partial charge in [0.2, 0.25) is 10.0 Å². The molecule has 39 heavy (non-hydrogen) atoms. The van der Waals surface area contributed by atoms with Crippen LogP contribution in [0.4, 0.5) is 18.0 Å². The Morgan fingerprint density at radius 2 is 1.97 bits per heavy atom. The number of aryl methyl sites for hydroxylation is 1. The lowest BCUT2D eigenvalue weighted by Gasteiger charge is -2.30. The highest BCUT2D eigenvalue weighted by atomic mass is 32.2. The van der Waals surface area contributed by atoms with Gasteiger partial charge in [-0.3, -0.25) is 4.90 Å². The van der Waals surface area contributed by atoms with E-state index in [1.807, 2.05) is 10.8 Å². The van der Waals surface area contributed by atoms with Crippen molar-refractivity contribution in [3.8, 4) is 6.07 Å². The number of likely N-dealkylation sites (tertiary alicyclic amines) is 1. The fourth-order valence-corrected chi connectivity index (χ4v) is 5.49. The Bertz CT molecular complexity index is 1390. The summed E-state index contributed by atoms with van der Waals surface area (Å²) in [5, 5.41) is 9.23. The number of carbonyl (C=O) groups excluding carboxylic acids is 1. The third-order valence-electron chi connectivity index (χ3n) is 6.60. The summed E-state index contributed by atoms with van der Waals surface area (Å²) in [7, 11) is -4.10. The van der Waals surface area contributed by atoms with E-state index < -0.39 is 70.2 Å². The third kappa shape index (κ3) is 6.89. The molecule has 1 unspecified atom stereocenters. The van der Waals surface area contributed by atoms with Crippen LogP contribution in [0.2, 0.25) is 0 Å². The van der Waals surface area contributed by atoms with Crippen LogP contribution in [0.1, 0.15) is 68.6 Å². The Kier molecular flexibility index (Phi) is 8.67. The van der Waals surface area contributed by atoms with Gasteiger partial charge < -0.3 is 4.74 Å². The zero-order valence-electron chi connectivity index (χ0n) is 22.8. The molecule has 12 heteroatoms. The first-order valence-electron chi connectivity index (χ1n) is 12.5. The van der Waals surface area contributed by atoms with Gasteiger partial charge in [0.25, 0.3) is 5.92 Å². The number of pyridine rings is 1. The molecule has 0 radical (unpaired) electrons. The van der Waals surface area contributed by atoms with Gasteiger partial charge in [0.05, 0.1) is 24.0 Å². The number of hydrogen-bond acceptors (Lipinski definition) is 6. The maximum Gasteiger partial charge on any atom is 0.410 e. The second-order valence-electron chi connectivity index (χ2n) is 10.7. The second-order valence-corrected chi connectivity index (χ2v) is 12.7. The van der Waals surface area contributed by atoms with Gasteiger partial charge in [-0.15, -0.1) is 0 Å². The molecule has 0 aliphatic carbocycles. The number of rotatable bonds is 7. The van der Waals surface area contributed by atoms with E-state index in [4.69, 9.17) is 4.74 Å². The molecule has 8 nitrogen and oxygen atoms in total. The first-order chi connectivity index (χ1) is 18.0. The first-order valence-corrected chi connectivity index (χ1v) is 14.2.